The molecule has 1 aliphatic heterocycles. The quantitative estimate of drug-likeness (QED) is 0.0572. The first kappa shape index (κ1) is 38.6. The van der Waals surface area contributed by atoms with E-state index in [1.807, 2.05) is 13.8 Å². The van der Waals surface area contributed by atoms with Crippen LogP contribution in [-0.2, 0) is 14.2 Å². The standard InChI is InChI=1S/C38H74O3/c1-4-5-6-7-8-9-10-11-12-13-14-15-16-17-18-19-20-21-22-23-24-25-26-27-28-29-30-31-32-33-34-39-35-37-36-40-38(2,3)41-37/h4,37H,1,5-36H2,2-3H3/t37-/m0/s1. The Hall–Kier alpha value is -0.380. The van der Waals surface area contributed by atoms with Gasteiger partial charge in [0.15, 0.2) is 5.79 Å². The van der Waals surface area contributed by atoms with Crippen LogP contribution in [0.1, 0.15) is 200 Å². The van der Waals surface area contributed by atoms with Gasteiger partial charge < -0.3 is 14.2 Å². The number of rotatable bonds is 33. The summed E-state index contributed by atoms with van der Waals surface area (Å²) in [7, 11) is 0. The van der Waals surface area contributed by atoms with Gasteiger partial charge in [-0.15, -0.1) is 6.58 Å². The van der Waals surface area contributed by atoms with Gasteiger partial charge in [0.25, 0.3) is 0 Å². The van der Waals surface area contributed by atoms with Crippen LogP contribution >= 0.6 is 0 Å². The van der Waals surface area contributed by atoms with E-state index in [1.54, 1.807) is 0 Å². The second-order valence-corrected chi connectivity index (χ2v) is 13.5. The molecule has 0 aromatic rings. The van der Waals surface area contributed by atoms with Crippen molar-refractivity contribution < 1.29 is 14.2 Å². The lowest BCUT2D eigenvalue weighted by atomic mass is 10.0. The molecule has 0 amide bonds. The summed E-state index contributed by atoms with van der Waals surface area (Å²) in [4.78, 5) is 0. The van der Waals surface area contributed by atoms with Gasteiger partial charge in [0.1, 0.15) is 6.10 Å². The highest BCUT2D eigenvalue weighted by Gasteiger charge is 2.32. The molecule has 1 fully saturated rings. The van der Waals surface area contributed by atoms with Crippen molar-refractivity contribution in [3.63, 3.8) is 0 Å². The largest absolute Gasteiger partial charge is 0.379 e. The predicted octanol–water partition coefficient (Wildman–Crippen LogP) is 12.7. The topological polar surface area (TPSA) is 27.7 Å². The maximum Gasteiger partial charge on any atom is 0.163 e. The second kappa shape index (κ2) is 29.7. The molecule has 41 heavy (non-hydrogen) atoms. The molecule has 1 atom stereocenters. The van der Waals surface area contributed by atoms with Gasteiger partial charge in [0.2, 0.25) is 0 Å². The van der Waals surface area contributed by atoms with Crippen LogP contribution < -0.4 is 0 Å². The third-order valence-corrected chi connectivity index (χ3v) is 8.82. The van der Waals surface area contributed by atoms with E-state index in [-0.39, 0.29) is 6.10 Å². The van der Waals surface area contributed by atoms with Crippen molar-refractivity contribution in [2.24, 2.45) is 0 Å². The molecule has 1 rings (SSSR count). The van der Waals surface area contributed by atoms with Crippen LogP contribution in [0.4, 0.5) is 0 Å². The lowest BCUT2D eigenvalue weighted by Gasteiger charge is -2.17. The van der Waals surface area contributed by atoms with Crippen LogP contribution in [0.15, 0.2) is 12.7 Å². The van der Waals surface area contributed by atoms with Gasteiger partial charge in [-0.3, -0.25) is 0 Å². The van der Waals surface area contributed by atoms with Gasteiger partial charge in [-0.1, -0.05) is 173 Å². The van der Waals surface area contributed by atoms with E-state index >= 15 is 0 Å². The molecule has 1 heterocycles. The monoisotopic (exact) mass is 579 g/mol. The molecule has 0 saturated carbocycles. The fraction of sp³-hybridized carbons (Fsp3) is 0.947. The number of allylic oxidation sites excluding steroid dienone is 1. The van der Waals surface area contributed by atoms with Crippen molar-refractivity contribution in [3.05, 3.63) is 12.7 Å². The molecule has 3 nitrogen and oxygen atoms in total. The zero-order valence-electron chi connectivity index (χ0n) is 28.2. The number of ether oxygens (including phenoxy) is 3. The minimum Gasteiger partial charge on any atom is -0.379 e. The SMILES string of the molecule is C=CCCCCCCCCCCCCCCCCCCCCCCCCCCCCCCOC[C@H]1COC(C)(C)O1. The molecule has 1 saturated heterocycles. The maximum absolute atomic E-state index is 5.77. The molecule has 0 bridgehead atoms. The zero-order chi connectivity index (χ0) is 29.5. The van der Waals surface area contributed by atoms with Gasteiger partial charge in [-0.2, -0.15) is 0 Å². The van der Waals surface area contributed by atoms with Crippen molar-refractivity contribution in [2.45, 2.75) is 212 Å². The molecule has 0 unspecified atom stereocenters. The normalized spacial score (nSPS) is 16.5. The second-order valence-electron chi connectivity index (χ2n) is 13.5. The molecule has 0 aromatic heterocycles. The summed E-state index contributed by atoms with van der Waals surface area (Å²) in [5.74, 6) is -0.433. The Balaban J connectivity index is 1.62. The third-order valence-electron chi connectivity index (χ3n) is 8.82. The summed E-state index contributed by atoms with van der Waals surface area (Å²) in [5.41, 5.74) is 0. The molecule has 0 spiro atoms. The van der Waals surface area contributed by atoms with Gasteiger partial charge >= 0.3 is 0 Å². The van der Waals surface area contributed by atoms with E-state index in [2.05, 4.69) is 12.7 Å². The molecule has 3 heteroatoms. The minimum atomic E-state index is -0.433. The Labute approximate surface area is 258 Å². The first-order valence-electron chi connectivity index (χ1n) is 18.6. The Bertz CT molecular complexity index is 532. The van der Waals surface area contributed by atoms with E-state index in [9.17, 15) is 0 Å². The van der Waals surface area contributed by atoms with Crippen LogP contribution in [0.5, 0.6) is 0 Å². The van der Waals surface area contributed by atoms with E-state index in [0.29, 0.717) is 13.2 Å². The fourth-order valence-electron chi connectivity index (χ4n) is 6.15. The van der Waals surface area contributed by atoms with Crippen LogP contribution in [0.2, 0.25) is 0 Å². The molecule has 0 aliphatic carbocycles. The molecular formula is C38H74O3. The van der Waals surface area contributed by atoms with Crippen molar-refractivity contribution >= 4 is 0 Å². The summed E-state index contributed by atoms with van der Waals surface area (Å²) in [6.45, 7) is 9.92. The molecule has 0 N–H and O–H groups in total. The van der Waals surface area contributed by atoms with Gasteiger partial charge in [-0.25, -0.2) is 0 Å². The predicted molar refractivity (Wildman–Crippen MR) is 180 cm³/mol. The van der Waals surface area contributed by atoms with E-state index in [4.69, 9.17) is 14.2 Å². The summed E-state index contributed by atoms with van der Waals surface area (Å²) in [6.07, 6.45) is 43.5. The van der Waals surface area contributed by atoms with Crippen molar-refractivity contribution in [1.82, 2.24) is 0 Å². The maximum atomic E-state index is 5.77. The first-order chi connectivity index (χ1) is 20.1. The van der Waals surface area contributed by atoms with E-state index < -0.39 is 5.79 Å². The van der Waals surface area contributed by atoms with Crippen LogP contribution in [0.3, 0.4) is 0 Å². The highest BCUT2D eigenvalue weighted by Crippen LogP contribution is 2.22. The van der Waals surface area contributed by atoms with Gasteiger partial charge in [-0.05, 0) is 33.1 Å². The Morgan fingerprint density at radius 3 is 1.15 bits per heavy atom. The van der Waals surface area contributed by atoms with E-state index in [1.165, 1.54) is 186 Å². The summed E-state index contributed by atoms with van der Waals surface area (Å²) >= 11 is 0. The smallest absolute Gasteiger partial charge is 0.163 e. The van der Waals surface area contributed by atoms with Crippen LogP contribution in [0, 0.1) is 0 Å². The number of unbranched alkanes of at least 4 members (excludes halogenated alkanes) is 28. The molecule has 244 valence electrons. The van der Waals surface area contributed by atoms with Crippen molar-refractivity contribution in [1.29, 1.82) is 0 Å². The van der Waals surface area contributed by atoms with Crippen LogP contribution in [0.25, 0.3) is 0 Å². The summed E-state index contributed by atoms with van der Waals surface area (Å²) in [6, 6.07) is 0. The lowest BCUT2D eigenvalue weighted by molar-refractivity contribution is -0.145. The van der Waals surface area contributed by atoms with Crippen molar-refractivity contribution in [2.75, 3.05) is 19.8 Å². The van der Waals surface area contributed by atoms with Crippen LogP contribution in [-0.4, -0.2) is 31.7 Å². The minimum absolute atomic E-state index is 0.109. The lowest BCUT2D eigenvalue weighted by Crippen LogP contribution is -2.24. The summed E-state index contributed by atoms with van der Waals surface area (Å²) < 4.78 is 17.1. The first-order valence-corrected chi connectivity index (χ1v) is 18.6. The Morgan fingerprint density at radius 1 is 0.537 bits per heavy atom. The summed E-state index contributed by atoms with van der Waals surface area (Å²) in [5, 5.41) is 0. The number of hydrogen-bond acceptors (Lipinski definition) is 3. The fourth-order valence-corrected chi connectivity index (χ4v) is 6.15. The highest BCUT2D eigenvalue weighted by molar-refractivity contribution is 4.70. The molecule has 0 radical (unpaired) electrons. The van der Waals surface area contributed by atoms with Gasteiger partial charge in [0, 0.05) is 6.61 Å². The van der Waals surface area contributed by atoms with Gasteiger partial charge in [0.05, 0.1) is 13.2 Å². The van der Waals surface area contributed by atoms with E-state index in [0.717, 1.165) is 6.61 Å². The molecule has 1 aliphatic rings. The molecule has 0 aromatic carbocycles. The average Bonchev–Trinajstić information content (AvgIpc) is 3.31. The molecular weight excluding hydrogens is 504 g/mol. The number of hydrogen-bond donors (Lipinski definition) is 0. The highest BCUT2D eigenvalue weighted by atomic mass is 16.7. The third kappa shape index (κ3) is 28.2. The Kier molecular flexibility index (Phi) is 28.0. The Morgan fingerprint density at radius 2 is 0.854 bits per heavy atom. The zero-order valence-corrected chi connectivity index (χ0v) is 28.2. The van der Waals surface area contributed by atoms with Crippen molar-refractivity contribution in [3.8, 4) is 0 Å². The average molecular weight is 579 g/mol.